The molecule has 1 aromatic heterocycles. The number of halogens is 2. The Bertz CT molecular complexity index is 859. The van der Waals surface area contributed by atoms with Crippen molar-refractivity contribution in [3.63, 3.8) is 0 Å². The first-order valence-electron chi connectivity index (χ1n) is 9.14. The van der Waals surface area contributed by atoms with Gasteiger partial charge < -0.3 is 5.32 Å². The molecule has 138 valence electrons. The second-order valence-electron chi connectivity index (χ2n) is 7.78. The Morgan fingerprint density at radius 3 is 2.69 bits per heavy atom. The molecule has 4 rings (SSSR count). The van der Waals surface area contributed by atoms with E-state index in [0.29, 0.717) is 23.7 Å². The summed E-state index contributed by atoms with van der Waals surface area (Å²) in [6.45, 7) is 4.51. The molecule has 1 saturated carbocycles. The molecule has 1 N–H and O–H groups in total. The molecule has 0 saturated heterocycles. The predicted octanol–water partition coefficient (Wildman–Crippen LogP) is 4.86. The van der Waals surface area contributed by atoms with Crippen molar-refractivity contribution in [2.45, 2.75) is 45.0 Å². The van der Waals surface area contributed by atoms with Gasteiger partial charge in [-0.25, -0.2) is 8.78 Å². The van der Waals surface area contributed by atoms with Gasteiger partial charge in [0, 0.05) is 18.9 Å². The molecule has 0 spiro atoms. The number of benzene rings is 1. The van der Waals surface area contributed by atoms with Crippen LogP contribution in [-0.4, -0.2) is 15.7 Å². The number of anilines is 1. The van der Waals surface area contributed by atoms with Gasteiger partial charge in [-0.1, -0.05) is 26.0 Å². The highest BCUT2D eigenvalue weighted by atomic mass is 19.3. The molecule has 3 atom stereocenters. The number of aryl methyl sites for hydroxylation is 1. The van der Waals surface area contributed by atoms with E-state index in [1.807, 2.05) is 12.1 Å². The Labute approximate surface area is 151 Å². The molecule has 1 amide bonds. The first-order chi connectivity index (χ1) is 12.4. The lowest BCUT2D eigenvalue weighted by Crippen LogP contribution is -2.16. The monoisotopic (exact) mass is 359 g/mol. The quantitative estimate of drug-likeness (QED) is 0.848. The SMILES string of the molecule is CC(C)[C@H]1[C@@H]2CC[C@H]1c1cccc(NC(=O)c3cn(C)nc3C(F)F)c12. The van der Waals surface area contributed by atoms with Gasteiger partial charge in [-0.15, -0.1) is 0 Å². The zero-order valence-corrected chi connectivity index (χ0v) is 15.2. The number of aromatic nitrogens is 2. The fourth-order valence-corrected chi connectivity index (χ4v) is 5.11. The molecule has 2 bridgehead atoms. The highest BCUT2D eigenvalue weighted by Gasteiger charge is 2.48. The zero-order valence-electron chi connectivity index (χ0n) is 15.2. The minimum atomic E-state index is -2.78. The number of alkyl halides is 2. The molecule has 1 fully saturated rings. The average Bonchev–Trinajstić information content (AvgIpc) is 3.26. The number of hydrogen-bond acceptors (Lipinski definition) is 2. The number of carbonyl (C=O) groups excluding carboxylic acids is 1. The van der Waals surface area contributed by atoms with Crippen molar-refractivity contribution in [2.24, 2.45) is 18.9 Å². The van der Waals surface area contributed by atoms with Gasteiger partial charge in [-0.3, -0.25) is 9.48 Å². The lowest BCUT2D eigenvalue weighted by atomic mass is 9.85. The van der Waals surface area contributed by atoms with Gasteiger partial charge in [0.15, 0.2) is 0 Å². The molecule has 2 aromatic rings. The molecule has 6 heteroatoms. The first kappa shape index (κ1) is 17.2. The number of hydrogen-bond donors (Lipinski definition) is 1. The van der Waals surface area contributed by atoms with Crippen LogP contribution in [0.5, 0.6) is 0 Å². The summed E-state index contributed by atoms with van der Waals surface area (Å²) in [6.07, 6.45) is 0.890. The third-order valence-electron chi connectivity index (χ3n) is 5.95. The summed E-state index contributed by atoms with van der Waals surface area (Å²) < 4.78 is 27.6. The fourth-order valence-electron chi connectivity index (χ4n) is 5.11. The minimum Gasteiger partial charge on any atom is -0.322 e. The van der Waals surface area contributed by atoms with Gasteiger partial charge in [-0.05, 0) is 53.7 Å². The molecule has 0 unspecified atom stereocenters. The van der Waals surface area contributed by atoms with Crippen molar-refractivity contribution in [1.82, 2.24) is 9.78 Å². The summed E-state index contributed by atoms with van der Waals surface area (Å²) in [5.74, 6) is 1.63. The summed E-state index contributed by atoms with van der Waals surface area (Å²) in [4.78, 5) is 12.7. The second kappa shape index (κ2) is 6.18. The van der Waals surface area contributed by atoms with Gasteiger partial charge in [0.05, 0.1) is 5.56 Å². The van der Waals surface area contributed by atoms with E-state index >= 15 is 0 Å². The average molecular weight is 359 g/mol. The number of fused-ring (bicyclic) bond motifs is 5. The Balaban J connectivity index is 1.67. The zero-order chi connectivity index (χ0) is 18.6. The molecule has 0 radical (unpaired) electrons. The highest BCUT2D eigenvalue weighted by Crippen LogP contribution is 2.61. The van der Waals surface area contributed by atoms with E-state index in [9.17, 15) is 13.6 Å². The first-order valence-corrected chi connectivity index (χ1v) is 9.14. The van der Waals surface area contributed by atoms with Crippen LogP contribution in [0, 0.1) is 11.8 Å². The van der Waals surface area contributed by atoms with Crippen LogP contribution in [0.15, 0.2) is 24.4 Å². The van der Waals surface area contributed by atoms with E-state index in [0.717, 1.165) is 12.1 Å². The van der Waals surface area contributed by atoms with Crippen molar-refractivity contribution < 1.29 is 13.6 Å². The lowest BCUT2D eigenvalue weighted by molar-refractivity contribution is 0.101. The van der Waals surface area contributed by atoms with Crippen molar-refractivity contribution >= 4 is 11.6 Å². The summed E-state index contributed by atoms with van der Waals surface area (Å²) in [5, 5.41) is 6.61. The van der Waals surface area contributed by atoms with Crippen LogP contribution in [-0.2, 0) is 7.05 Å². The number of nitrogens with zero attached hydrogens (tertiary/aromatic N) is 2. The topological polar surface area (TPSA) is 46.9 Å². The fraction of sp³-hybridized carbons (Fsp3) is 0.500. The van der Waals surface area contributed by atoms with Crippen LogP contribution < -0.4 is 5.32 Å². The van der Waals surface area contributed by atoms with Gasteiger partial charge in [-0.2, -0.15) is 5.10 Å². The Morgan fingerprint density at radius 2 is 2.00 bits per heavy atom. The molecular formula is C20H23F2N3O. The number of carbonyl (C=O) groups is 1. The highest BCUT2D eigenvalue weighted by molar-refractivity contribution is 6.05. The smallest absolute Gasteiger partial charge is 0.282 e. The third kappa shape index (κ3) is 2.54. The van der Waals surface area contributed by atoms with Crippen LogP contribution in [0.4, 0.5) is 14.5 Å². The summed E-state index contributed by atoms with van der Waals surface area (Å²) in [7, 11) is 1.54. The molecule has 4 nitrogen and oxygen atoms in total. The predicted molar refractivity (Wildman–Crippen MR) is 95.6 cm³/mol. The standard InChI is InChI=1S/C20H23F2N3O/c1-10(2)16-12-7-8-13(16)17-11(12)5-4-6-15(17)23-20(26)14-9-25(3)24-18(14)19(21)22/h4-6,9-10,12-13,16,19H,7-8H2,1-3H3,(H,23,26)/t12-,13-,16+/m0/s1. The van der Waals surface area contributed by atoms with E-state index < -0.39 is 18.0 Å². The van der Waals surface area contributed by atoms with E-state index in [-0.39, 0.29) is 5.56 Å². The summed E-state index contributed by atoms with van der Waals surface area (Å²) >= 11 is 0. The number of nitrogens with one attached hydrogen (secondary N) is 1. The molecule has 2 aliphatic carbocycles. The molecule has 1 heterocycles. The summed E-state index contributed by atoms with van der Waals surface area (Å²) in [6, 6.07) is 5.98. The van der Waals surface area contributed by atoms with E-state index in [4.69, 9.17) is 0 Å². The Morgan fingerprint density at radius 1 is 1.27 bits per heavy atom. The van der Waals surface area contributed by atoms with E-state index in [2.05, 4.69) is 30.3 Å². The maximum absolute atomic E-state index is 13.2. The molecule has 2 aliphatic rings. The Kier molecular flexibility index (Phi) is 4.09. The molecule has 26 heavy (non-hydrogen) atoms. The van der Waals surface area contributed by atoms with Crippen LogP contribution in [0.25, 0.3) is 0 Å². The largest absolute Gasteiger partial charge is 0.322 e. The van der Waals surface area contributed by atoms with Crippen molar-refractivity contribution in [3.05, 3.63) is 46.8 Å². The normalized spacial score (nSPS) is 23.7. The van der Waals surface area contributed by atoms with Gasteiger partial charge in [0.2, 0.25) is 0 Å². The van der Waals surface area contributed by atoms with Crippen molar-refractivity contribution in [3.8, 4) is 0 Å². The van der Waals surface area contributed by atoms with Gasteiger partial charge in [0.25, 0.3) is 12.3 Å². The van der Waals surface area contributed by atoms with E-state index in [1.54, 1.807) is 0 Å². The maximum Gasteiger partial charge on any atom is 0.282 e. The summed E-state index contributed by atoms with van der Waals surface area (Å²) in [5.41, 5.74) is 2.74. The van der Waals surface area contributed by atoms with Crippen molar-refractivity contribution in [1.29, 1.82) is 0 Å². The van der Waals surface area contributed by atoms with E-state index in [1.165, 1.54) is 35.5 Å². The van der Waals surface area contributed by atoms with Gasteiger partial charge >= 0.3 is 0 Å². The third-order valence-corrected chi connectivity index (χ3v) is 5.95. The minimum absolute atomic E-state index is 0.0660. The maximum atomic E-state index is 13.2. The van der Waals surface area contributed by atoms with Gasteiger partial charge in [0.1, 0.15) is 5.69 Å². The number of amides is 1. The molecular weight excluding hydrogens is 336 g/mol. The number of rotatable bonds is 4. The van der Waals surface area contributed by atoms with Crippen LogP contribution in [0.2, 0.25) is 0 Å². The lowest BCUT2D eigenvalue weighted by Gasteiger charge is -2.21. The van der Waals surface area contributed by atoms with Crippen LogP contribution in [0.1, 0.15) is 72.1 Å². The van der Waals surface area contributed by atoms with Crippen molar-refractivity contribution in [2.75, 3.05) is 5.32 Å². The molecule has 1 aromatic carbocycles. The Hall–Kier alpha value is -2.24. The molecule has 0 aliphatic heterocycles. The van der Waals surface area contributed by atoms with Crippen LogP contribution >= 0.6 is 0 Å². The van der Waals surface area contributed by atoms with Crippen LogP contribution in [0.3, 0.4) is 0 Å². The second-order valence-corrected chi connectivity index (χ2v) is 7.78.